The summed E-state index contributed by atoms with van der Waals surface area (Å²) in [5.41, 5.74) is 9.28. The fourth-order valence-corrected chi connectivity index (χ4v) is 2.07. The van der Waals surface area contributed by atoms with Crippen LogP contribution in [0.2, 0.25) is 5.02 Å². The molecule has 0 radical (unpaired) electrons. The van der Waals surface area contributed by atoms with Crippen molar-refractivity contribution in [3.63, 3.8) is 0 Å². The summed E-state index contributed by atoms with van der Waals surface area (Å²) in [5, 5.41) is 13.1. The molecule has 1 aromatic rings. The summed E-state index contributed by atoms with van der Waals surface area (Å²) >= 11 is 5.80. The van der Waals surface area contributed by atoms with Gasteiger partial charge >= 0.3 is 5.97 Å². The zero-order valence-electron chi connectivity index (χ0n) is 10.1. The molecule has 0 aromatic heterocycles. The molecule has 6 heteroatoms. The molecule has 0 heterocycles. The molecule has 2 atom stereocenters. The van der Waals surface area contributed by atoms with Gasteiger partial charge in [0.15, 0.2) is 0 Å². The molecule has 0 aliphatic carbocycles. The lowest BCUT2D eigenvalue weighted by molar-refractivity contribution is -0.139. The zero-order chi connectivity index (χ0) is 13.7. The van der Waals surface area contributed by atoms with Gasteiger partial charge in [0.2, 0.25) is 0 Å². The number of benzene rings is 1. The molecule has 96 valence electrons. The van der Waals surface area contributed by atoms with Gasteiger partial charge in [-0.25, -0.2) is 0 Å². The molecule has 0 saturated heterocycles. The molecule has 1 N–H and O–H groups in total. The summed E-state index contributed by atoms with van der Waals surface area (Å²) in [6.45, 7) is 3.78. The van der Waals surface area contributed by atoms with Gasteiger partial charge in [0.25, 0.3) is 0 Å². The van der Waals surface area contributed by atoms with Crippen LogP contribution in [-0.4, -0.2) is 17.1 Å². The number of rotatable bonds is 5. The van der Waals surface area contributed by atoms with Crippen LogP contribution in [0.4, 0.5) is 0 Å². The Bertz CT molecular complexity index is 465. The maximum Gasteiger partial charge on any atom is 0.313 e. The highest BCUT2D eigenvalue weighted by Gasteiger charge is 2.30. The summed E-state index contributed by atoms with van der Waals surface area (Å²) in [7, 11) is 0. The van der Waals surface area contributed by atoms with Crippen LogP contribution >= 0.6 is 11.6 Å². The molecule has 0 fully saturated rings. The van der Waals surface area contributed by atoms with E-state index in [1.807, 2.05) is 13.8 Å². The minimum Gasteiger partial charge on any atom is -0.481 e. The second kappa shape index (κ2) is 6.28. The van der Waals surface area contributed by atoms with Crippen LogP contribution in [0.25, 0.3) is 10.4 Å². The van der Waals surface area contributed by atoms with Gasteiger partial charge in [0, 0.05) is 15.9 Å². The number of carboxylic acids is 1. The first-order valence-corrected chi connectivity index (χ1v) is 5.87. The highest BCUT2D eigenvalue weighted by Crippen LogP contribution is 2.31. The molecule has 0 spiro atoms. The second-order valence-electron chi connectivity index (χ2n) is 4.31. The van der Waals surface area contributed by atoms with Gasteiger partial charge in [-0.15, -0.1) is 0 Å². The monoisotopic (exact) mass is 267 g/mol. The molecule has 2 unspecified atom stereocenters. The minimum atomic E-state index is -1.12. The molecular formula is C12H14ClN3O2. The van der Waals surface area contributed by atoms with Gasteiger partial charge in [0.05, 0.1) is 0 Å². The summed E-state index contributed by atoms with van der Waals surface area (Å²) in [6.07, 6.45) is 0. The fraction of sp³-hybridized carbons (Fsp3) is 0.417. The van der Waals surface area contributed by atoms with Crippen LogP contribution in [0.5, 0.6) is 0 Å². The van der Waals surface area contributed by atoms with E-state index in [1.165, 1.54) is 0 Å². The average molecular weight is 268 g/mol. The summed E-state index contributed by atoms with van der Waals surface area (Å²) in [4.78, 5) is 13.8. The first-order valence-electron chi connectivity index (χ1n) is 5.49. The Kier molecular flexibility index (Phi) is 5.01. The first-order chi connectivity index (χ1) is 8.47. The van der Waals surface area contributed by atoms with Crippen molar-refractivity contribution in [2.24, 2.45) is 11.0 Å². The third kappa shape index (κ3) is 3.39. The van der Waals surface area contributed by atoms with E-state index in [0.29, 0.717) is 5.02 Å². The summed E-state index contributed by atoms with van der Waals surface area (Å²) in [6, 6.07) is 5.80. The van der Waals surface area contributed by atoms with Crippen LogP contribution < -0.4 is 0 Å². The van der Waals surface area contributed by atoms with E-state index in [4.69, 9.17) is 22.2 Å². The molecule has 0 saturated carbocycles. The zero-order valence-corrected chi connectivity index (χ0v) is 10.9. The van der Waals surface area contributed by atoms with E-state index in [-0.39, 0.29) is 11.8 Å². The number of azide groups is 1. The van der Waals surface area contributed by atoms with Gasteiger partial charge in [-0.1, -0.05) is 42.7 Å². The van der Waals surface area contributed by atoms with Crippen molar-refractivity contribution in [2.45, 2.75) is 25.8 Å². The van der Waals surface area contributed by atoms with Crippen molar-refractivity contribution in [3.8, 4) is 0 Å². The molecule has 0 bridgehead atoms. The maximum atomic E-state index is 11.2. The number of hydrogen-bond acceptors (Lipinski definition) is 2. The number of hydrogen-bond donors (Lipinski definition) is 1. The molecule has 5 nitrogen and oxygen atoms in total. The topological polar surface area (TPSA) is 86.1 Å². The van der Waals surface area contributed by atoms with Crippen LogP contribution in [0, 0.1) is 5.92 Å². The van der Waals surface area contributed by atoms with E-state index in [2.05, 4.69) is 10.0 Å². The lowest BCUT2D eigenvalue weighted by Crippen LogP contribution is -2.29. The van der Waals surface area contributed by atoms with E-state index in [1.54, 1.807) is 24.3 Å². The Labute approximate surface area is 110 Å². The third-order valence-corrected chi connectivity index (χ3v) is 2.99. The van der Waals surface area contributed by atoms with Crippen LogP contribution in [0.15, 0.2) is 29.4 Å². The smallest absolute Gasteiger partial charge is 0.313 e. The van der Waals surface area contributed by atoms with Crippen molar-refractivity contribution in [2.75, 3.05) is 0 Å². The molecule has 0 aliphatic rings. The van der Waals surface area contributed by atoms with Crippen molar-refractivity contribution in [1.29, 1.82) is 0 Å². The standard InChI is InChI=1S/C12H14ClN3O2/c1-7(2)10(11(12(17)18)15-16-14)8-3-5-9(13)6-4-8/h3-7,10-11H,1-2H3,(H,17,18). The van der Waals surface area contributed by atoms with E-state index < -0.39 is 12.0 Å². The highest BCUT2D eigenvalue weighted by atomic mass is 35.5. The number of nitrogens with zero attached hydrogens (tertiary/aromatic N) is 3. The summed E-state index contributed by atoms with van der Waals surface area (Å²) in [5.74, 6) is -1.48. The Morgan fingerprint density at radius 3 is 2.33 bits per heavy atom. The predicted octanol–water partition coefficient (Wildman–Crippen LogP) is 3.84. The van der Waals surface area contributed by atoms with Crippen LogP contribution in [-0.2, 0) is 4.79 Å². The molecule has 18 heavy (non-hydrogen) atoms. The van der Waals surface area contributed by atoms with Gasteiger partial charge in [0.1, 0.15) is 6.04 Å². The minimum absolute atomic E-state index is 0.0257. The number of aliphatic carboxylic acids is 1. The Morgan fingerprint density at radius 2 is 1.94 bits per heavy atom. The molecule has 0 aliphatic heterocycles. The lowest BCUT2D eigenvalue weighted by atomic mass is 9.83. The van der Waals surface area contributed by atoms with Crippen molar-refractivity contribution >= 4 is 17.6 Å². The van der Waals surface area contributed by atoms with Gasteiger partial charge in [-0.3, -0.25) is 4.79 Å². The first kappa shape index (κ1) is 14.4. The van der Waals surface area contributed by atoms with Crippen LogP contribution in [0.1, 0.15) is 25.3 Å². The Hall–Kier alpha value is -1.71. The molecule has 0 amide bonds. The van der Waals surface area contributed by atoms with Gasteiger partial charge < -0.3 is 5.11 Å². The van der Waals surface area contributed by atoms with Crippen molar-refractivity contribution in [1.82, 2.24) is 0 Å². The fourth-order valence-electron chi connectivity index (χ4n) is 1.95. The van der Waals surface area contributed by atoms with E-state index in [9.17, 15) is 4.79 Å². The maximum absolute atomic E-state index is 11.2. The quantitative estimate of drug-likeness (QED) is 0.499. The van der Waals surface area contributed by atoms with Crippen LogP contribution in [0.3, 0.4) is 0 Å². The number of carboxylic acid groups (broad SMARTS) is 1. The third-order valence-electron chi connectivity index (χ3n) is 2.74. The highest BCUT2D eigenvalue weighted by molar-refractivity contribution is 6.30. The SMILES string of the molecule is CC(C)C(c1ccc(Cl)cc1)C(N=[N+]=[N-])C(=O)O. The largest absolute Gasteiger partial charge is 0.481 e. The van der Waals surface area contributed by atoms with Gasteiger partial charge in [-0.05, 0) is 29.1 Å². The van der Waals surface area contributed by atoms with Crippen molar-refractivity contribution in [3.05, 3.63) is 45.3 Å². The van der Waals surface area contributed by atoms with E-state index in [0.717, 1.165) is 5.56 Å². The van der Waals surface area contributed by atoms with Crippen molar-refractivity contribution < 1.29 is 9.90 Å². The Balaban J connectivity index is 3.19. The Morgan fingerprint density at radius 1 is 1.39 bits per heavy atom. The number of carbonyl (C=O) groups is 1. The lowest BCUT2D eigenvalue weighted by Gasteiger charge is -2.24. The summed E-state index contributed by atoms with van der Waals surface area (Å²) < 4.78 is 0. The number of halogens is 1. The second-order valence-corrected chi connectivity index (χ2v) is 4.75. The molecular weight excluding hydrogens is 254 g/mol. The molecule has 1 rings (SSSR count). The average Bonchev–Trinajstić information content (AvgIpc) is 2.30. The predicted molar refractivity (Wildman–Crippen MR) is 69.6 cm³/mol. The van der Waals surface area contributed by atoms with Gasteiger partial charge in [-0.2, -0.15) is 0 Å². The normalized spacial score (nSPS) is 13.8. The molecule has 1 aromatic carbocycles. The van der Waals surface area contributed by atoms with E-state index >= 15 is 0 Å².